The third-order valence-corrected chi connectivity index (χ3v) is 1.74. The molecule has 0 aliphatic rings. The largest absolute Gasteiger partial charge is 0.366 e. The van der Waals surface area contributed by atoms with Crippen LogP contribution in [0.3, 0.4) is 0 Å². The van der Waals surface area contributed by atoms with E-state index in [-0.39, 0.29) is 5.91 Å². The van der Waals surface area contributed by atoms with Gasteiger partial charge < -0.3 is 5.73 Å². The number of hydrazine groups is 1. The minimum absolute atomic E-state index is 0.361. The lowest BCUT2D eigenvalue weighted by molar-refractivity contribution is -0.113. The van der Waals surface area contributed by atoms with Crippen LogP contribution in [0, 0.1) is 0 Å². The molecular formula is C10H11N3O2. The highest BCUT2D eigenvalue weighted by Crippen LogP contribution is 2.05. The second-order valence-electron chi connectivity index (χ2n) is 2.83. The molecule has 0 radical (unpaired) electrons. The van der Waals surface area contributed by atoms with Crippen LogP contribution in [0.2, 0.25) is 0 Å². The average Bonchev–Trinajstić information content (AvgIpc) is 2.26. The van der Waals surface area contributed by atoms with E-state index in [1.54, 1.807) is 30.3 Å². The highest BCUT2D eigenvalue weighted by Gasteiger charge is 2.01. The van der Waals surface area contributed by atoms with Gasteiger partial charge in [-0.3, -0.25) is 15.0 Å². The van der Waals surface area contributed by atoms with Gasteiger partial charge >= 0.3 is 0 Å². The minimum atomic E-state index is -0.515. The third kappa shape index (κ3) is 3.24. The summed E-state index contributed by atoms with van der Waals surface area (Å²) in [7, 11) is 0. The Morgan fingerprint density at radius 1 is 1.20 bits per heavy atom. The highest BCUT2D eigenvalue weighted by atomic mass is 16.2. The Morgan fingerprint density at radius 3 is 2.27 bits per heavy atom. The number of rotatable bonds is 3. The fourth-order valence-electron chi connectivity index (χ4n) is 1.01. The molecule has 1 aromatic rings. The summed E-state index contributed by atoms with van der Waals surface area (Å²) in [4.78, 5) is 21.5. The van der Waals surface area contributed by atoms with E-state index in [4.69, 9.17) is 11.6 Å². The molecule has 5 nitrogen and oxygen atoms in total. The Kier molecular flexibility index (Phi) is 3.59. The summed E-state index contributed by atoms with van der Waals surface area (Å²) in [6, 6.07) is 6.57. The second-order valence-corrected chi connectivity index (χ2v) is 2.83. The van der Waals surface area contributed by atoms with Gasteiger partial charge in [0.05, 0.1) is 0 Å². The molecule has 15 heavy (non-hydrogen) atoms. The van der Waals surface area contributed by atoms with Crippen LogP contribution in [0.25, 0.3) is 6.08 Å². The highest BCUT2D eigenvalue weighted by molar-refractivity contribution is 5.94. The van der Waals surface area contributed by atoms with Crippen molar-refractivity contribution in [2.75, 3.05) is 0 Å². The number of hydrogen-bond donors (Lipinski definition) is 3. The third-order valence-electron chi connectivity index (χ3n) is 1.74. The number of amides is 2. The number of benzene rings is 1. The van der Waals surface area contributed by atoms with Gasteiger partial charge in [0, 0.05) is 11.6 Å². The summed E-state index contributed by atoms with van der Waals surface area (Å²) in [5.41, 5.74) is 8.19. The molecular weight excluding hydrogens is 194 g/mol. The molecule has 78 valence electrons. The molecule has 0 saturated carbocycles. The summed E-state index contributed by atoms with van der Waals surface area (Å²) >= 11 is 0. The first-order valence-corrected chi connectivity index (χ1v) is 4.22. The Morgan fingerprint density at radius 2 is 1.80 bits per heavy atom. The van der Waals surface area contributed by atoms with Crippen LogP contribution in [0.5, 0.6) is 0 Å². The van der Waals surface area contributed by atoms with Gasteiger partial charge in [-0.25, -0.2) is 5.84 Å². The number of carbonyl (C=O) groups excluding carboxylic acids is 2. The van der Waals surface area contributed by atoms with E-state index in [0.717, 1.165) is 5.56 Å². The molecule has 0 heterocycles. The molecule has 0 unspecified atom stereocenters. The Labute approximate surface area is 86.7 Å². The van der Waals surface area contributed by atoms with Gasteiger partial charge in [0.2, 0.25) is 5.91 Å². The molecule has 0 atom stereocenters. The monoisotopic (exact) mass is 205 g/mol. The summed E-state index contributed by atoms with van der Waals surface area (Å²) in [6.07, 6.45) is 2.81. The summed E-state index contributed by atoms with van der Waals surface area (Å²) in [5.74, 6) is 4.09. The standard InChI is InChI=1S/C10H11N3O2/c11-9(14)6-3-7-1-4-8(5-2-7)10(15)13-12/h1-6H,12H2,(H2,11,14)(H,13,15). The number of nitrogens with one attached hydrogen (secondary N) is 1. The molecule has 0 aromatic heterocycles. The lowest BCUT2D eigenvalue weighted by atomic mass is 10.1. The van der Waals surface area contributed by atoms with E-state index < -0.39 is 5.91 Å². The Bertz CT molecular complexity index is 396. The first-order valence-electron chi connectivity index (χ1n) is 4.22. The fraction of sp³-hybridized carbons (Fsp3) is 0. The van der Waals surface area contributed by atoms with Crippen molar-refractivity contribution in [1.29, 1.82) is 0 Å². The van der Waals surface area contributed by atoms with Gasteiger partial charge in [0.25, 0.3) is 5.91 Å². The molecule has 0 spiro atoms. The summed E-state index contributed by atoms with van der Waals surface area (Å²) in [6.45, 7) is 0. The number of nitrogens with two attached hydrogens (primary N) is 2. The molecule has 1 aromatic carbocycles. The Hall–Kier alpha value is -2.14. The maximum absolute atomic E-state index is 11.1. The van der Waals surface area contributed by atoms with Gasteiger partial charge in [-0.2, -0.15) is 0 Å². The SMILES string of the molecule is NNC(=O)c1ccc(C=CC(N)=O)cc1. The zero-order chi connectivity index (χ0) is 11.3. The lowest BCUT2D eigenvalue weighted by Crippen LogP contribution is -2.29. The molecule has 0 fully saturated rings. The zero-order valence-corrected chi connectivity index (χ0v) is 7.94. The van der Waals surface area contributed by atoms with Gasteiger partial charge in [-0.15, -0.1) is 0 Å². The minimum Gasteiger partial charge on any atom is -0.366 e. The van der Waals surface area contributed by atoms with Gasteiger partial charge in [0.1, 0.15) is 0 Å². The lowest BCUT2D eigenvalue weighted by Gasteiger charge is -1.99. The quantitative estimate of drug-likeness (QED) is 0.275. The van der Waals surface area contributed by atoms with E-state index in [0.29, 0.717) is 5.56 Å². The zero-order valence-electron chi connectivity index (χ0n) is 7.94. The number of carbonyl (C=O) groups is 2. The van der Waals surface area contributed by atoms with Crippen molar-refractivity contribution in [3.63, 3.8) is 0 Å². The van der Waals surface area contributed by atoms with Crippen molar-refractivity contribution in [2.24, 2.45) is 11.6 Å². The van der Waals surface area contributed by atoms with E-state index >= 15 is 0 Å². The second kappa shape index (κ2) is 4.92. The first-order chi connectivity index (χ1) is 7.13. The van der Waals surface area contributed by atoms with Gasteiger partial charge in [-0.05, 0) is 23.8 Å². The van der Waals surface area contributed by atoms with Crippen molar-refractivity contribution in [3.8, 4) is 0 Å². The molecule has 5 N–H and O–H groups in total. The van der Waals surface area contributed by atoms with Crippen molar-refractivity contribution in [3.05, 3.63) is 41.5 Å². The molecule has 0 aliphatic heterocycles. The number of nitrogen functional groups attached to an aromatic ring is 1. The van der Waals surface area contributed by atoms with E-state index in [1.165, 1.54) is 6.08 Å². The molecule has 0 saturated heterocycles. The maximum atomic E-state index is 11.1. The molecule has 2 amide bonds. The topological polar surface area (TPSA) is 98.2 Å². The van der Waals surface area contributed by atoms with Crippen LogP contribution < -0.4 is 17.0 Å². The summed E-state index contributed by atoms with van der Waals surface area (Å²) in [5, 5.41) is 0. The van der Waals surface area contributed by atoms with Crippen LogP contribution in [-0.4, -0.2) is 11.8 Å². The van der Waals surface area contributed by atoms with E-state index in [2.05, 4.69) is 0 Å². The summed E-state index contributed by atoms with van der Waals surface area (Å²) < 4.78 is 0. The van der Waals surface area contributed by atoms with Crippen molar-refractivity contribution in [1.82, 2.24) is 5.43 Å². The van der Waals surface area contributed by atoms with Gasteiger partial charge in [-0.1, -0.05) is 12.1 Å². The van der Waals surface area contributed by atoms with Crippen LogP contribution >= 0.6 is 0 Å². The number of primary amides is 1. The fourth-order valence-corrected chi connectivity index (χ4v) is 1.01. The van der Waals surface area contributed by atoms with Crippen LogP contribution in [0.4, 0.5) is 0 Å². The van der Waals surface area contributed by atoms with Crippen LogP contribution in [0.1, 0.15) is 15.9 Å². The van der Waals surface area contributed by atoms with E-state index in [1.807, 2.05) is 5.43 Å². The predicted molar refractivity (Wildman–Crippen MR) is 56.3 cm³/mol. The van der Waals surface area contributed by atoms with Crippen LogP contribution in [-0.2, 0) is 4.79 Å². The predicted octanol–water partition coefficient (Wildman–Crippen LogP) is -0.211. The Balaban J connectivity index is 2.81. The van der Waals surface area contributed by atoms with Crippen molar-refractivity contribution in [2.45, 2.75) is 0 Å². The molecule has 0 aliphatic carbocycles. The van der Waals surface area contributed by atoms with Crippen molar-refractivity contribution < 1.29 is 9.59 Å². The normalized spacial score (nSPS) is 10.2. The number of hydrogen-bond acceptors (Lipinski definition) is 3. The van der Waals surface area contributed by atoms with E-state index in [9.17, 15) is 9.59 Å². The first kappa shape index (κ1) is 10.9. The smallest absolute Gasteiger partial charge is 0.265 e. The average molecular weight is 205 g/mol. The molecule has 5 heteroatoms. The molecule has 0 bridgehead atoms. The molecule has 1 rings (SSSR count). The van der Waals surface area contributed by atoms with Crippen LogP contribution in [0.15, 0.2) is 30.3 Å². The maximum Gasteiger partial charge on any atom is 0.265 e. The van der Waals surface area contributed by atoms with Crippen molar-refractivity contribution >= 4 is 17.9 Å². The van der Waals surface area contributed by atoms with Gasteiger partial charge in [0.15, 0.2) is 0 Å².